The van der Waals surface area contributed by atoms with Gasteiger partial charge in [0.05, 0.1) is 12.7 Å². The van der Waals surface area contributed by atoms with Crippen molar-refractivity contribution in [1.82, 2.24) is 15.0 Å². The van der Waals surface area contributed by atoms with Crippen LogP contribution in [0.1, 0.15) is 11.7 Å². The van der Waals surface area contributed by atoms with E-state index in [0.717, 1.165) is 11.6 Å². The largest absolute Gasteiger partial charge is 0.444 e. The molecule has 2 aromatic rings. The number of hydrogen-bond donors (Lipinski definition) is 1. The summed E-state index contributed by atoms with van der Waals surface area (Å²) in [6.45, 7) is 2.38. The van der Waals surface area contributed by atoms with Crippen molar-refractivity contribution in [3.05, 3.63) is 30.1 Å². The molecular weight excluding hydrogens is 218 g/mol. The molecule has 0 saturated carbocycles. The van der Waals surface area contributed by atoms with Crippen molar-refractivity contribution in [2.45, 2.75) is 13.5 Å². The van der Waals surface area contributed by atoms with Gasteiger partial charge in [-0.25, -0.2) is 9.97 Å². The van der Waals surface area contributed by atoms with E-state index in [2.05, 4.69) is 20.3 Å². The summed E-state index contributed by atoms with van der Waals surface area (Å²) >= 11 is 0. The zero-order chi connectivity index (χ0) is 12.3. The van der Waals surface area contributed by atoms with E-state index in [0.29, 0.717) is 18.4 Å². The number of oxazole rings is 1. The predicted octanol–water partition coefficient (Wildman–Crippen LogP) is 1.45. The Hall–Kier alpha value is -2.11. The van der Waals surface area contributed by atoms with E-state index in [4.69, 9.17) is 4.42 Å². The van der Waals surface area contributed by atoms with Crippen molar-refractivity contribution in [2.75, 3.05) is 24.3 Å². The van der Waals surface area contributed by atoms with Crippen LogP contribution < -0.4 is 10.2 Å². The molecule has 6 heteroatoms. The van der Waals surface area contributed by atoms with Crippen molar-refractivity contribution < 1.29 is 4.42 Å². The normalized spacial score (nSPS) is 10.3. The minimum Gasteiger partial charge on any atom is -0.444 e. The number of aryl methyl sites for hydroxylation is 1. The molecule has 6 nitrogen and oxygen atoms in total. The minimum atomic E-state index is 0.512. The van der Waals surface area contributed by atoms with E-state index >= 15 is 0 Å². The number of aromatic nitrogens is 3. The number of nitrogens with zero attached hydrogens (tertiary/aromatic N) is 4. The van der Waals surface area contributed by atoms with Gasteiger partial charge in [0.15, 0.2) is 0 Å². The van der Waals surface area contributed by atoms with Gasteiger partial charge in [0.25, 0.3) is 0 Å². The van der Waals surface area contributed by atoms with Gasteiger partial charge in [-0.15, -0.1) is 0 Å². The molecule has 0 atom stereocenters. The van der Waals surface area contributed by atoms with Gasteiger partial charge < -0.3 is 14.6 Å². The molecule has 0 aliphatic rings. The fourth-order valence-electron chi connectivity index (χ4n) is 1.31. The molecule has 0 saturated heterocycles. The molecule has 0 spiro atoms. The second-order valence-electron chi connectivity index (χ2n) is 3.85. The first kappa shape index (κ1) is 11.4. The van der Waals surface area contributed by atoms with Gasteiger partial charge in [0.1, 0.15) is 11.6 Å². The minimum absolute atomic E-state index is 0.512. The number of hydrogen-bond acceptors (Lipinski definition) is 6. The first-order valence-corrected chi connectivity index (χ1v) is 5.30. The maximum atomic E-state index is 5.36. The van der Waals surface area contributed by atoms with E-state index in [1.165, 1.54) is 0 Å². The fourth-order valence-corrected chi connectivity index (χ4v) is 1.31. The third kappa shape index (κ3) is 2.93. The van der Waals surface area contributed by atoms with Crippen LogP contribution in [0, 0.1) is 6.92 Å². The first-order valence-electron chi connectivity index (χ1n) is 5.30. The summed E-state index contributed by atoms with van der Waals surface area (Å²) in [5, 5.41) is 3.14. The first-order chi connectivity index (χ1) is 8.15. The standard InChI is InChI=1S/C11H15N5O/c1-8-6-14-10(17-8)7-13-9-4-5-12-11(15-9)16(2)3/h4-6H,7H2,1-3H3,(H,12,13,15). The highest BCUT2D eigenvalue weighted by molar-refractivity contribution is 5.40. The SMILES string of the molecule is Cc1cnc(CNc2ccnc(N(C)C)n2)o1. The number of anilines is 2. The van der Waals surface area contributed by atoms with Crippen molar-refractivity contribution in [3.63, 3.8) is 0 Å². The van der Waals surface area contributed by atoms with Crippen LogP contribution >= 0.6 is 0 Å². The average molecular weight is 233 g/mol. The second-order valence-corrected chi connectivity index (χ2v) is 3.85. The molecule has 1 N–H and O–H groups in total. The molecule has 0 amide bonds. The van der Waals surface area contributed by atoms with Gasteiger partial charge in [0, 0.05) is 20.3 Å². The lowest BCUT2D eigenvalue weighted by Gasteiger charge is -2.10. The summed E-state index contributed by atoms with van der Waals surface area (Å²) in [7, 11) is 3.80. The van der Waals surface area contributed by atoms with Gasteiger partial charge in [-0.05, 0) is 13.0 Å². The molecule has 0 radical (unpaired) electrons. The van der Waals surface area contributed by atoms with Gasteiger partial charge in [-0.1, -0.05) is 0 Å². The van der Waals surface area contributed by atoms with Crippen molar-refractivity contribution >= 4 is 11.8 Å². The van der Waals surface area contributed by atoms with Gasteiger partial charge in [0.2, 0.25) is 11.8 Å². The summed E-state index contributed by atoms with van der Waals surface area (Å²) in [4.78, 5) is 14.4. The van der Waals surface area contributed by atoms with Crippen molar-refractivity contribution in [2.24, 2.45) is 0 Å². The molecular formula is C11H15N5O. The van der Waals surface area contributed by atoms with Gasteiger partial charge in [-0.3, -0.25) is 0 Å². The van der Waals surface area contributed by atoms with E-state index < -0.39 is 0 Å². The van der Waals surface area contributed by atoms with Crippen LogP contribution in [0.4, 0.5) is 11.8 Å². The molecule has 0 aromatic carbocycles. The summed E-state index contributed by atoms with van der Waals surface area (Å²) in [6, 6.07) is 1.81. The smallest absolute Gasteiger partial charge is 0.226 e. The maximum Gasteiger partial charge on any atom is 0.226 e. The Morgan fingerprint density at radius 3 is 2.82 bits per heavy atom. The predicted molar refractivity (Wildman–Crippen MR) is 64.9 cm³/mol. The third-order valence-electron chi connectivity index (χ3n) is 2.13. The second kappa shape index (κ2) is 4.82. The lowest BCUT2D eigenvalue weighted by molar-refractivity contribution is 0.479. The van der Waals surface area contributed by atoms with Gasteiger partial charge >= 0.3 is 0 Å². The molecule has 2 rings (SSSR count). The highest BCUT2D eigenvalue weighted by atomic mass is 16.4. The van der Waals surface area contributed by atoms with Crippen LogP contribution in [0.2, 0.25) is 0 Å². The highest BCUT2D eigenvalue weighted by Crippen LogP contribution is 2.09. The molecule has 0 aliphatic carbocycles. The average Bonchev–Trinajstić information content (AvgIpc) is 2.73. The lowest BCUT2D eigenvalue weighted by atomic mass is 10.5. The fraction of sp³-hybridized carbons (Fsp3) is 0.364. The Morgan fingerprint density at radius 1 is 1.35 bits per heavy atom. The summed E-state index contributed by atoms with van der Waals surface area (Å²) in [5.74, 6) is 2.86. The molecule has 2 heterocycles. The maximum absolute atomic E-state index is 5.36. The topological polar surface area (TPSA) is 67.1 Å². The van der Waals surface area contributed by atoms with Crippen LogP contribution in [0.25, 0.3) is 0 Å². The number of rotatable bonds is 4. The van der Waals surface area contributed by atoms with Crippen LogP contribution in [-0.4, -0.2) is 29.0 Å². The lowest BCUT2D eigenvalue weighted by Crippen LogP contribution is -2.13. The highest BCUT2D eigenvalue weighted by Gasteiger charge is 2.03. The molecule has 0 aliphatic heterocycles. The number of nitrogens with one attached hydrogen (secondary N) is 1. The third-order valence-corrected chi connectivity index (χ3v) is 2.13. The summed E-state index contributed by atoms with van der Waals surface area (Å²) < 4.78 is 5.36. The zero-order valence-corrected chi connectivity index (χ0v) is 10.1. The van der Waals surface area contributed by atoms with E-state index in [-0.39, 0.29) is 0 Å². The Labute approximate surface area is 99.7 Å². The molecule has 0 fully saturated rings. The molecule has 2 aromatic heterocycles. The quantitative estimate of drug-likeness (QED) is 0.862. The molecule has 90 valence electrons. The van der Waals surface area contributed by atoms with Crippen molar-refractivity contribution in [1.29, 1.82) is 0 Å². The Balaban J connectivity index is 2.01. The molecule has 0 unspecified atom stereocenters. The van der Waals surface area contributed by atoms with E-state index in [9.17, 15) is 0 Å². The van der Waals surface area contributed by atoms with E-state index in [1.54, 1.807) is 12.4 Å². The van der Waals surface area contributed by atoms with Crippen molar-refractivity contribution in [3.8, 4) is 0 Å². The Bertz CT molecular complexity index is 494. The van der Waals surface area contributed by atoms with Crippen LogP contribution in [-0.2, 0) is 6.54 Å². The van der Waals surface area contributed by atoms with Crippen LogP contribution in [0.5, 0.6) is 0 Å². The Morgan fingerprint density at radius 2 is 2.18 bits per heavy atom. The van der Waals surface area contributed by atoms with Crippen LogP contribution in [0.3, 0.4) is 0 Å². The summed E-state index contributed by atoms with van der Waals surface area (Å²) in [6.07, 6.45) is 3.41. The molecule has 0 bridgehead atoms. The van der Waals surface area contributed by atoms with Gasteiger partial charge in [-0.2, -0.15) is 4.98 Å². The molecule has 17 heavy (non-hydrogen) atoms. The van der Waals surface area contributed by atoms with E-state index in [1.807, 2.05) is 32.0 Å². The zero-order valence-electron chi connectivity index (χ0n) is 10.1. The van der Waals surface area contributed by atoms with Crippen LogP contribution in [0.15, 0.2) is 22.9 Å². The summed E-state index contributed by atoms with van der Waals surface area (Å²) in [5.41, 5.74) is 0. The Kier molecular flexibility index (Phi) is 3.22. The monoisotopic (exact) mass is 233 g/mol.